The molecule has 19 heavy (non-hydrogen) atoms. The van der Waals surface area contributed by atoms with Crippen LogP contribution >= 0.6 is 0 Å². The topological polar surface area (TPSA) is 66.4 Å². The fraction of sp³-hybridized carbons (Fsp3) is 0.867. The number of aliphatic carboxylic acids is 1. The number of carboxylic acid groups (broad SMARTS) is 1. The second-order valence-corrected chi connectivity index (χ2v) is 5.16. The third-order valence-corrected chi connectivity index (χ3v) is 3.19. The molecule has 2 N–H and O–H groups in total. The first-order chi connectivity index (χ1) is 9.13. The summed E-state index contributed by atoms with van der Waals surface area (Å²) in [5.74, 6) is -0.623. The normalized spacial score (nSPS) is 10.4. The van der Waals surface area contributed by atoms with E-state index >= 15 is 0 Å². The van der Waals surface area contributed by atoms with Crippen LogP contribution in [0.5, 0.6) is 0 Å². The van der Waals surface area contributed by atoms with Gasteiger partial charge in [-0.1, -0.05) is 51.4 Å². The fourth-order valence-electron chi connectivity index (χ4n) is 2.08. The molecule has 0 unspecified atom stereocenters. The molecule has 4 nitrogen and oxygen atoms in total. The number of rotatable bonds is 13. The van der Waals surface area contributed by atoms with Crippen LogP contribution < -0.4 is 5.32 Å². The van der Waals surface area contributed by atoms with Crippen molar-refractivity contribution in [3.05, 3.63) is 0 Å². The van der Waals surface area contributed by atoms with E-state index in [0.717, 1.165) is 32.2 Å². The molecule has 0 rings (SSSR count). The maximum atomic E-state index is 10.6. The lowest BCUT2D eigenvalue weighted by atomic mass is 10.1. The standard InChI is InChI=1S/C15H29NO3/c1-14(17)16-13-11-9-7-5-3-2-4-6-8-10-12-15(18)19/h2-13H2,1H3,(H,16,17)(H,18,19). The van der Waals surface area contributed by atoms with Gasteiger partial charge in [-0.3, -0.25) is 9.59 Å². The summed E-state index contributed by atoms with van der Waals surface area (Å²) in [6.45, 7) is 2.36. The summed E-state index contributed by atoms with van der Waals surface area (Å²) in [7, 11) is 0. The monoisotopic (exact) mass is 271 g/mol. The molecule has 0 aliphatic rings. The smallest absolute Gasteiger partial charge is 0.303 e. The summed E-state index contributed by atoms with van der Waals surface area (Å²) in [4.78, 5) is 20.9. The minimum atomic E-state index is -0.681. The van der Waals surface area contributed by atoms with E-state index in [9.17, 15) is 9.59 Å². The molecule has 0 aliphatic heterocycles. The Balaban J connectivity index is 2.99. The maximum absolute atomic E-state index is 10.6. The van der Waals surface area contributed by atoms with Crippen molar-refractivity contribution in [2.24, 2.45) is 0 Å². The Morgan fingerprint density at radius 3 is 1.63 bits per heavy atom. The maximum Gasteiger partial charge on any atom is 0.303 e. The summed E-state index contributed by atoms with van der Waals surface area (Å²) in [5.41, 5.74) is 0. The van der Waals surface area contributed by atoms with Crippen LogP contribution in [0.15, 0.2) is 0 Å². The van der Waals surface area contributed by atoms with Crippen molar-refractivity contribution in [1.29, 1.82) is 0 Å². The Labute approximate surface area is 117 Å². The summed E-state index contributed by atoms with van der Waals surface area (Å²) in [6, 6.07) is 0. The fourth-order valence-corrected chi connectivity index (χ4v) is 2.08. The van der Waals surface area contributed by atoms with Gasteiger partial charge in [0.25, 0.3) is 0 Å². The predicted octanol–water partition coefficient (Wildman–Crippen LogP) is 3.50. The molecular formula is C15H29NO3. The molecule has 0 aromatic rings. The first-order valence-electron chi connectivity index (χ1n) is 7.59. The number of hydrogen-bond acceptors (Lipinski definition) is 2. The van der Waals surface area contributed by atoms with Gasteiger partial charge in [0, 0.05) is 19.9 Å². The van der Waals surface area contributed by atoms with Gasteiger partial charge in [-0.15, -0.1) is 0 Å². The molecule has 0 aromatic carbocycles. The highest BCUT2D eigenvalue weighted by Gasteiger charge is 1.97. The lowest BCUT2D eigenvalue weighted by molar-refractivity contribution is -0.137. The second kappa shape index (κ2) is 13.4. The summed E-state index contributed by atoms with van der Waals surface area (Å²) in [6.07, 6.45) is 11.9. The third-order valence-electron chi connectivity index (χ3n) is 3.19. The van der Waals surface area contributed by atoms with Gasteiger partial charge in [0.05, 0.1) is 0 Å². The molecule has 0 saturated carbocycles. The number of unbranched alkanes of at least 4 members (excludes halogenated alkanes) is 9. The van der Waals surface area contributed by atoms with E-state index in [1.165, 1.54) is 38.5 Å². The Hall–Kier alpha value is -1.06. The first-order valence-corrected chi connectivity index (χ1v) is 7.59. The van der Waals surface area contributed by atoms with E-state index in [-0.39, 0.29) is 5.91 Å². The van der Waals surface area contributed by atoms with Crippen molar-refractivity contribution >= 4 is 11.9 Å². The van der Waals surface area contributed by atoms with Crippen LogP contribution in [0.25, 0.3) is 0 Å². The molecule has 1 amide bonds. The number of hydrogen-bond donors (Lipinski definition) is 2. The molecule has 0 heterocycles. The molecule has 0 saturated heterocycles. The van der Waals surface area contributed by atoms with Crippen LogP contribution in [0.3, 0.4) is 0 Å². The van der Waals surface area contributed by atoms with Gasteiger partial charge in [0.1, 0.15) is 0 Å². The zero-order chi connectivity index (χ0) is 14.3. The average molecular weight is 271 g/mol. The third kappa shape index (κ3) is 16.9. The Morgan fingerprint density at radius 1 is 0.789 bits per heavy atom. The number of amides is 1. The Kier molecular flexibility index (Phi) is 12.6. The average Bonchev–Trinajstić information content (AvgIpc) is 2.34. The van der Waals surface area contributed by atoms with Gasteiger partial charge >= 0.3 is 5.97 Å². The van der Waals surface area contributed by atoms with Crippen molar-refractivity contribution in [2.45, 2.75) is 77.6 Å². The van der Waals surface area contributed by atoms with Gasteiger partial charge in [-0.25, -0.2) is 0 Å². The Morgan fingerprint density at radius 2 is 1.21 bits per heavy atom. The highest BCUT2D eigenvalue weighted by atomic mass is 16.4. The van der Waals surface area contributed by atoms with Crippen LogP contribution in [0.1, 0.15) is 77.6 Å². The lowest BCUT2D eigenvalue weighted by Gasteiger charge is -2.03. The zero-order valence-corrected chi connectivity index (χ0v) is 12.2. The largest absolute Gasteiger partial charge is 0.481 e. The van der Waals surface area contributed by atoms with Crippen LogP contribution in [0.2, 0.25) is 0 Å². The van der Waals surface area contributed by atoms with Gasteiger partial charge in [-0.2, -0.15) is 0 Å². The highest BCUT2D eigenvalue weighted by molar-refractivity contribution is 5.72. The van der Waals surface area contributed by atoms with Crippen LogP contribution in [-0.4, -0.2) is 23.5 Å². The summed E-state index contributed by atoms with van der Waals surface area (Å²) < 4.78 is 0. The van der Waals surface area contributed by atoms with Gasteiger partial charge < -0.3 is 10.4 Å². The SMILES string of the molecule is CC(=O)NCCCCCCCCCCCCC(=O)O. The Bertz CT molecular complexity index is 218. The van der Waals surface area contributed by atoms with Crippen LogP contribution in [0, 0.1) is 0 Å². The van der Waals surface area contributed by atoms with E-state index in [1.807, 2.05) is 0 Å². The van der Waals surface area contributed by atoms with E-state index in [0.29, 0.717) is 6.42 Å². The zero-order valence-electron chi connectivity index (χ0n) is 12.2. The van der Waals surface area contributed by atoms with Gasteiger partial charge in [0.15, 0.2) is 0 Å². The van der Waals surface area contributed by atoms with E-state index in [2.05, 4.69) is 5.32 Å². The van der Waals surface area contributed by atoms with Crippen LogP contribution in [-0.2, 0) is 9.59 Å². The molecule has 0 radical (unpaired) electrons. The quantitative estimate of drug-likeness (QED) is 0.504. The molecule has 0 spiro atoms. The summed E-state index contributed by atoms with van der Waals surface area (Å²) in [5, 5.41) is 11.3. The highest BCUT2D eigenvalue weighted by Crippen LogP contribution is 2.11. The summed E-state index contributed by atoms with van der Waals surface area (Å²) >= 11 is 0. The molecule has 4 heteroatoms. The van der Waals surface area contributed by atoms with E-state index in [4.69, 9.17) is 5.11 Å². The van der Waals surface area contributed by atoms with Gasteiger partial charge in [0.2, 0.25) is 5.91 Å². The molecule has 0 atom stereocenters. The van der Waals surface area contributed by atoms with Gasteiger partial charge in [-0.05, 0) is 12.8 Å². The number of carbonyl (C=O) groups excluding carboxylic acids is 1. The minimum absolute atomic E-state index is 0.0582. The number of carbonyl (C=O) groups is 2. The predicted molar refractivity (Wildman–Crippen MR) is 77.1 cm³/mol. The lowest BCUT2D eigenvalue weighted by Crippen LogP contribution is -2.20. The molecular weight excluding hydrogens is 242 g/mol. The van der Waals surface area contributed by atoms with Crippen molar-refractivity contribution in [2.75, 3.05) is 6.54 Å². The second-order valence-electron chi connectivity index (χ2n) is 5.16. The molecule has 112 valence electrons. The molecule has 0 bridgehead atoms. The van der Waals surface area contributed by atoms with Crippen molar-refractivity contribution < 1.29 is 14.7 Å². The molecule has 0 aliphatic carbocycles. The van der Waals surface area contributed by atoms with Crippen molar-refractivity contribution in [1.82, 2.24) is 5.32 Å². The van der Waals surface area contributed by atoms with E-state index in [1.54, 1.807) is 6.92 Å². The molecule has 0 aromatic heterocycles. The number of nitrogens with one attached hydrogen (secondary N) is 1. The first kappa shape index (κ1) is 17.9. The minimum Gasteiger partial charge on any atom is -0.481 e. The van der Waals surface area contributed by atoms with Crippen molar-refractivity contribution in [3.8, 4) is 0 Å². The van der Waals surface area contributed by atoms with E-state index < -0.39 is 5.97 Å². The molecule has 0 fully saturated rings. The van der Waals surface area contributed by atoms with Crippen LogP contribution in [0.4, 0.5) is 0 Å². The van der Waals surface area contributed by atoms with Crippen molar-refractivity contribution in [3.63, 3.8) is 0 Å². The number of carboxylic acids is 1.